The predicted octanol–water partition coefficient (Wildman–Crippen LogP) is 1.97. The number of ether oxygens (including phenoxy) is 1. The first kappa shape index (κ1) is 11.7. The topological polar surface area (TPSA) is 63.9 Å². The van der Waals surface area contributed by atoms with E-state index in [1.807, 2.05) is 37.3 Å². The molecule has 17 heavy (non-hydrogen) atoms. The van der Waals surface area contributed by atoms with Crippen LogP contribution in [0.1, 0.15) is 12.6 Å². The smallest absolute Gasteiger partial charge is 0.128 e. The van der Waals surface area contributed by atoms with Gasteiger partial charge in [0.2, 0.25) is 0 Å². The van der Waals surface area contributed by atoms with E-state index in [2.05, 4.69) is 10.2 Å². The fraction of sp³-hybridized carbons (Fsp3) is 0.308. The Morgan fingerprint density at radius 1 is 1.41 bits per heavy atom. The Balaban J connectivity index is 2.30. The van der Waals surface area contributed by atoms with Gasteiger partial charge in [0.15, 0.2) is 0 Å². The van der Waals surface area contributed by atoms with Gasteiger partial charge in [0.1, 0.15) is 5.75 Å². The Morgan fingerprint density at radius 2 is 2.18 bits per heavy atom. The Kier molecular flexibility index (Phi) is 3.44. The number of nitrogens with one attached hydrogen (secondary N) is 1. The van der Waals surface area contributed by atoms with E-state index in [0.717, 1.165) is 29.1 Å². The van der Waals surface area contributed by atoms with Crippen LogP contribution in [0.2, 0.25) is 0 Å². The van der Waals surface area contributed by atoms with Gasteiger partial charge in [-0.25, -0.2) is 0 Å². The van der Waals surface area contributed by atoms with Gasteiger partial charge in [-0.3, -0.25) is 5.10 Å². The summed E-state index contributed by atoms with van der Waals surface area (Å²) in [5.74, 6) is 0.825. The molecular formula is C13H17N3O. The van der Waals surface area contributed by atoms with Crippen molar-refractivity contribution < 1.29 is 4.74 Å². The number of hydrogen-bond acceptors (Lipinski definition) is 3. The molecule has 4 nitrogen and oxygen atoms in total. The molecule has 0 radical (unpaired) electrons. The molecule has 2 rings (SSSR count). The minimum atomic E-state index is 0.126. The summed E-state index contributed by atoms with van der Waals surface area (Å²) in [7, 11) is 1.66. The molecular weight excluding hydrogens is 214 g/mol. The lowest BCUT2D eigenvalue weighted by Crippen LogP contribution is -2.17. The van der Waals surface area contributed by atoms with Gasteiger partial charge in [-0.15, -0.1) is 0 Å². The maximum atomic E-state index is 5.76. The largest absolute Gasteiger partial charge is 0.496 e. The van der Waals surface area contributed by atoms with Crippen LogP contribution in [0.4, 0.5) is 0 Å². The van der Waals surface area contributed by atoms with E-state index in [1.54, 1.807) is 7.11 Å². The van der Waals surface area contributed by atoms with E-state index < -0.39 is 0 Å². The summed E-state index contributed by atoms with van der Waals surface area (Å²) in [6.07, 6.45) is 0.794. The SMILES string of the molecule is COc1ccccc1-c1cc(CC(C)N)[nH]n1. The van der Waals surface area contributed by atoms with Crippen molar-refractivity contribution in [3.8, 4) is 17.0 Å². The summed E-state index contributed by atoms with van der Waals surface area (Å²) in [5, 5.41) is 7.29. The lowest BCUT2D eigenvalue weighted by Gasteiger charge is -2.04. The van der Waals surface area contributed by atoms with Crippen molar-refractivity contribution in [2.45, 2.75) is 19.4 Å². The Morgan fingerprint density at radius 3 is 2.88 bits per heavy atom. The second-order valence-corrected chi connectivity index (χ2v) is 4.16. The zero-order valence-corrected chi connectivity index (χ0v) is 10.1. The van der Waals surface area contributed by atoms with Crippen molar-refractivity contribution in [2.24, 2.45) is 5.73 Å². The number of H-pyrrole nitrogens is 1. The maximum Gasteiger partial charge on any atom is 0.128 e. The highest BCUT2D eigenvalue weighted by Crippen LogP contribution is 2.28. The summed E-state index contributed by atoms with van der Waals surface area (Å²) in [6, 6.07) is 9.97. The first-order valence-electron chi connectivity index (χ1n) is 5.64. The van der Waals surface area contributed by atoms with Crippen LogP contribution in [0, 0.1) is 0 Å². The van der Waals surface area contributed by atoms with Gasteiger partial charge < -0.3 is 10.5 Å². The maximum absolute atomic E-state index is 5.76. The van der Waals surface area contributed by atoms with Crippen molar-refractivity contribution in [3.63, 3.8) is 0 Å². The van der Waals surface area contributed by atoms with Gasteiger partial charge >= 0.3 is 0 Å². The van der Waals surface area contributed by atoms with E-state index in [9.17, 15) is 0 Å². The molecule has 0 bridgehead atoms. The Labute approximate surface area is 101 Å². The summed E-state index contributed by atoms with van der Waals surface area (Å²) >= 11 is 0. The van der Waals surface area contributed by atoms with Crippen LogP contribution in [0.25, 0.3) is 11.3 Å². The molecule has 1 atom stereocenters. The molecule has 0 aliphatic carbocycles. The number of benzene rings is 1. The van der Waals surface area contributed by atoms with E-state index in [1.165, 1.54) is 0 Å². The fourth-order valence-corrected chi connectivity index (χ4v) is 1.81. The number of nitrogens with two attached hydrogens (primary N) is 1. The Hall–Kier alpha value is -1.81. The molecule has 0 saturated carbocycles. The molecule has 1 aromatic carbocycles. The number of hydrogen-bond donors (Lipinski definition) is 2. The third-order valence-corrected chi connectivity index (χ3v) is 2.56. The number of para-hydroxylation sites is 1. The Bertz CT molecular complexity index is 491. The van der Waals surface area contributed by atoms with Gasteiger partial charge in [0, 0.05) is 23.7 Å². The van der Waals surface area contributed by atoms with E-state index in [0.29, 0.717) is 0 Å². The van der Waals surface area contributed by atoms with Gasteiger partial charge in [0.25, 0.3) is 0 Å². The van der Waals surface area contributed by atoms with E-state index in [-0.39, 0.29) is 6.04 Å². The number of aromatic nitrogens is 2. The molecule has 3 N–H and O–H groups in total. The van der Waals surface area contributed by atoms with Gasteiger partial charge in [-0.2, -0.15) is 5.10 Å². The lowest BCUT2D eigenvalue weighted by atomic mass is 10.1. The van der Waals surface area contributed by atoms with E-state index in [4.69, 9.17) is 10.5 Å². The highest BCUT2D eigenvalue weighted by atomic mass is 16.5. The molecule has 0 spiro atoms. The molecule has 0 aliphatic rings. The van der Waals surface area contributed by atoms with Crippen molar-refractivity contribution >= 4 is 0 Å². The molecule has 0 amide bonds. The van der Waals surface area contributed by atoms with Gasteiger partial charge in [-0.05, 0) is 25.1 Å². The van der Waals surface area contributed by atoms with Crippen molar-refractivity contribution in [3.05, 3.63) is 36.0 Å². The molecule has 0 saturated heterocycles. The van der Waals surface area contributed by atoms with Crippen LogP contribution in [-0.2, 0) is 6.42 Å². The molecule has 1 aromatic heterocycles. The minimum absolute atomic E-state index is 0.126. The van der Waals surface area contributed by atoms with Gasteiger partial charge in [-0.1, -0.05) is 12.1 Å². The van der Waals surface area contributed by atoms with E-state index >= 15 is 0 Å². The number of methoxy groups -OCH3 is 1. The van der Waals surface area contributed by atoms with Crippen LogP contribution < -0.4 is 10.5 Å². The molecule has 0 aliphatic heterocycles. The average Bonchev–Trinajstić information content (AvgIpc) is 2.76. The lowest BCUT2D eigenvalue weighted by molar-refractivity contribution is 0.416. The number of rotatable bonds is 4. The number of aromatic amines is 1. The predicted molar refractivity (Wildman–Crippen MR) is 67.9 cm³/mol. The molecule has 2 aromatic rings. The second-order valence-electron chi connectivity index (χ2n) is 4.16. The summed E-state index contributed by atoms with van der Waals surface area (Å²) in [6.45, 7) is 1.98. The van der Waals surface area contributed by atoms with Crippen molar-refractivity contribution in [2.75, 3.05) is 7.11 Å². The highest BCUT2D eigenvalue weighted by molar-refractivity contribution is 5.67. The summed E-state index contributed by atoms with van der Waals surface area (Å²) in [5.41, 5.74) is 8.67. The molecule has 1 heterocycles. The molecule has 4 heteroatoms. The minimum Gasteiger partial charge on any atom is -0.496 e. The summed E-state index contributed by atoms with van der Waals surface area (Å²) < 4.78 is 5.31. The first-order valence-corrected chi connectivity index (χ1v) is 5.64. The van der Waals surface area contributed by atoms with Crippen molar-refractivity contribution in [1.82, 2.24) is 10.2 Å². The van der Waals surface area contributed by atoms with Crippen LogP contribution >= 0.6 is 0 Å². The monoisotopic (exact) mass is 231 g/mol. The quantitative estimate of drug-likeness (QED) is 0.845. The van der Waals surface area contributed by atoms with Crippen molar-refractivity contribution in [1.29, 1.82) is 0 Å². The highest BCUT2D eigenvalue weighted by Gasteiger charge is 2.09. The standard InChI is InChI=1S/C13H17N3O/c1-9(14)7-10-8-12(16-15-10)11-5-3-4-6-13(11)17-2/h3-6,8-9H,7,14H2,1-2H3,(H,15,16). The second kappa shape index (κ2) is 5.01. The molecule has 1 unspecified atom stereocenters. The van der Waals surface area contributed by atoms with Crippen LogP contribution in [0.5, 0.6) is 5.75 Å². The van der Waals surface area contributed by atoms with Gasteiger partial charge in [0.05, 0.1) is 12.8 Å². The third kappa shape index (κ3) is 2.65. The zero-order chi connectivity index (χ0) is 12.3. The summed E-state index contributed by atoms with van der Waals surface area (Å²) in [4.78, 5) is 0. The normalized spacial score (nSPS) is 12.4. The third-order valence-electron chi connectivity index (χ3n) is 2.56. The van der Waals surface area contributed by atoms with Crippen LogP contribution in [0.15, 0.2) is 30.3 Å². The van der Waals surface area contributed by atoms with Crippen LogP contribution in [0.3, 0.4) is 0 Å². The molecule has 90 valence electrons. The first-order chi connectivity index (χ1) is 8.20. The zero-order valence-electron chi connectivity index (χ0n) is 10.1. The van der Waals surface area contributed by atoms with Crippen LogP contribution in [-0.4, -0.2) is 23.3 Å². The molecule has 0 fully saturated rings. The average molecular weight is 231 g/mol. The number of nitrogens with zero attached hydrogens (tertiary/aromatic N) is 1. The fourth-order valence-electron chi connectivity index (χ4n) is 1.81.